The zero-order chi connectivity index (χ0) is 17.9. The molecule has 0 saturated carbocycles. The SMILES string of the molecule is CC(=O)Nc1ccc(C(=O)Nc2cc(F)c(N(C)C)c(F)c2)cc1. The standard InChI is InChI=1S/C17H17F2N3O2/c1-10(23)20-12-6-4-11(5-7-12)17(24)21-13-8-14(18)16(22(2)3)15(19)9-13/h4-9H,1-3H3,(H,20,23)(H,21,24). The zero-order valence-corrected chi connectivity index (χ0v) is 13.5. The Labute approximate surface area is 138 Å². The first kappa shape index (κ1) is 17.4. The Bertz CT molecular complexity index is 751. The maximum Gasteiger partial charge on any atom is 0.255 e. The summed E-state index contributed by atoms with van der Waals surface area (Å²) in [7, 11) is 3.05. The first-order chi connectivity index (χ1) is 11.3. The van der Waals surface area contributed by atoms with Gasteiger partial charge >= 0.3 is 0 Å². The van der Waals surface area contributed by atoms with Crippen LogP contribution in [0.25, 0.3) is 0 Å². The second-order valence-corrected chi connectivity index (χ2v) is 5.40. The van der Waals surface area contributed by atoms with Gasteiger partial charge in [0.25, 0.3) is 5.91 Å². The molecule has 24 heavy (non-hydrogen) atoms. The first-order valence-corrected chi connectivity index (χ1v) is 7.13. The van der Waals surface area contributed by atoms with Crippen LogP contribution in [-0.2, 0) is 4.79 Å². The van der Waals surface area contributed by atoms with Crippen LogP contribution in [0.3, 0.4) is 0 Å². The summed E-state index contributed by atoms with van der Waals surface area (Å²) in [5.41, 5.74) is 0.687. The monoisotopic (exact) mass is 333 g/mol. The molecule has 0 aliphatic carbocycles. The van der Waals surface area contributed by atoms with Crippen LogP contribution in [0.2, 0.25) is 0 Å². The van der Waals surface area contributed by atoms with Crippen LogP contribution in [0.15, 0.2) is 36.4 Å². The predicted molar refractivity (Wildman–Crippen MR) is 89.4 cm³/mol. The Kier molecular flexibility index (Phi) is 5.13. The average molecular weight is 333 g/mol. The Morgan fingerprint density at radius 1 is 0.917 bits per heavy atom. The van der Waals surface area contributed by atoms with E-state index in [0.717, 1.165) is 12.1 Å². The van der Waals surface area contributed by atoms with Crippen LogP contribution in [-0.4, -0.2) is 25.9 Å². The largest absolute Gasteiger partial charge is 0.373 e. The van der Waals surface area contributed by atoms with Crippen LogP contribution >= 0.6 is 0 Å². The highest BCUT2D eigenvalue weighted by molar-refractivity contribution is 6.04. The number of nitrogens with one attached hydrogen (secondary N) is 2. The van der Waals surface area contributed by atoms with E-state index < -0.39 is 17.5 Å². The van der Waals surface area contributed by atoms with E-state index in [0.29, 0.717) is 11.3 Å². The van der Waals surface area contributed by atoms with Crippen molar-refractivity contribution in [3.63, 3.8) is 0 Å². The van der Waals surface area contributed by atoms with Crippen LogP contribution < -0.4 is 15.5 Å². The number of anilines is 3. The lowest BCUT2D eigenvalue weighted by Gasteiger charge is -2.16. The molecule has 0 radical (unpaired) electrons. The minimum atomic E-state index is -0.767. The number of hydrogen-bond acceptors (Lipinski definition) is 3. The molecule has 0 unspecified atom stereocenters. The van der Waals surface area contributed by atoms with Gasteiger partial charge in [0, 0.05) is 38.0 Å². The molecule has 126 valence electrons. The zero-order valence-electron chi connectivity index (χ0n) is 13.5. The molecule has 2 aromatic carbocycles. The molecule has 0 aliphatic rings. The fourth-order valence-electron chi connectivity index (χ4n) is 2.18. The highest BCUT2D eigenvalue weighted by atomic mass is 19.1. The van der Waals surface area contributed by atoms with Gasteiger partial charge in [-0.2, -0.15) is 0 Å². The van der Waals surface area contributed by atoms with E-state index in [4.69, 9.17) is 0 Å². The lowest BCUT2D eigenvalue weighted by atomic mass is 10.1. The Hall–Kier alpha value is -2.96. The van der Waals surface area contributed by atoms with Crippen LogP contribution in [0.4, 0.5) is 25.8 Å². The van der Waals surface area contributed by atoms with E-state index in [-0.39, 0.29) is 17.3 Å². The third kappa shape index (κ3) is 4.07. The molecule has 0 saturated heterocycles. The lowest BCUT2D eigenvalue weighted by molar-refractivity contribution is -0.114. The second-order valence-electron chi connectivity index (χ2n) is 5.40. The van der Waals surface area contributed by atoms with Crippen molar-refractivity contribution in [1.29, 1.82) is 0 Å². The summed E-state index contributed by atoms with van der Waals surface area (Å²) in [5, 5.41) is 5.02. The van der Waals surface area contributed by atoms with Crippen molar-refractivity contribution in [1.82, 2.24) is 0 Å². The topological polar surface area (TPSA) is 61.4 Å². The van der Waals surface area contributed by atoms with E-state index in [2.05, 4.69) is 10.6 Å². The van der Waals surface area contributed by atoms with Crippen LogP contribution in [0, 0.1) is 11.6 Å². The molecule has 0 spiro atoms. The van der Waals surface area contributed by atoms with E-state index in [1.54, 1.807) is 12.1 Å². The summed E-state index contributed by atoms with van der Waals surface area (Å²) in [6.07, 6.45) is 0. The summed E-state index contributed by atoms with van der Waals surface area (Å²) < 4.78 is 27.8. The van der Waals surface area contributed by atoms with Crippen molar-refractivity contribution < 1.29 is 18.4 Å². The van der Waals surface area contributed by atoms with Gasteiger partial charge < -0.3 is 15.5 Å². The van der Waals surface area contributed by atoms with E-state index in [1.165, 1.54) is 38.1 Å². The second kappa shape index (κ2) is 7.08. The first-order valence-electron chi connectivity index (χ1n) is 7.13. The number of carbonyl (C=O) groups excluding carboxylic acids is 2. The van der Waals surface area contributed by atoms with Crippen LogP contribution in [0.5, 0.6) is 0 Å². The molecule has 2 amide bonds. The number of benzene rings is 2. The summed E-state index contributed by atoms with van der Waals surface area (Å²) in [5.74, 6) is -2.27. The molecular weight excluding hydrogens is 316 g/mol. The number of rotatable bonds is 4. The highest BCUT2D eigenvalue weighted by Crippen LogP contribution is 2.25. The number of carbonyl (C=O) groups is 2. The molecule has 2 rings (SSSR count). The number of halogens is 2. The van der Waals surface area contributed by atoms with Gasteiger partial charge in [0.05, 0.1) is 0 Å². The van der Waals surface area contributed by atoms with Crippen molar-refractivity contribution in [2.24, 2.45) is 0 Å². The predicted octanol–water partition coefficient (Wildman–Crippen LogP) is 3.24. The van der Waals surface area contributed by atoms with Gasteiger partial charge in [0.1, 0.15) is 5.69 Å². The highest BCUT2D eigenvalue weighted by Gasteiger charge is 2.15. The quantitative estimate of drug-likeness (QED) is 0.903. The number of nitrogens with zero attached hydrogens (tertiary/aromatic N) is 1. The minimum absolute atomic E-state index is 0.0199. The molecule has 0 bridgehead atoms. The summed E-state index contributed by atoms with van der Waals surface area (Å²) in [6.45, 7) is 1.38. The smallest absolute Gasteiger partial charge is 0.255 e. The molecular formula is C17H17F2N3O2. The van der Waals surface area contributed by atoms with Gasteiger partial charge in [-0.15, -0.1) is 0 Å². The van der Waals surface area contributed by atoms with Crippen molar-refractivity contribution >= 4 is 28.9 Å². The van der Waals surface area contributed by atoms with Gasteiger partial charge in [0.15, 0.2) is 11.6 Å². The van der Waals surface area contributed by atoms with Gasteiger partial charge in [-0.05, 0) is 36.4 Å². The van der Waals surface area contributed by atoms with E-state index >= 15 is 0 Å². The van der Waals surface area contributed by atoms with Gasteiger partial charge in [-0.25, -0.2) is 8.78 Å². The third-order valence-corrected chi connectivity index (χ3v) is 3.19. The molecule has 0 heterocycles. The van der Waals surface area contributed by atoms with Gasteiger partial charge in [-0.1, -0.05) is 0 Å². The van der Waals surface area contributed by atoms with Crippen LogP contribution in [0.1, 0.15) is 17.3 Å². The van der Waals surface area contributed by atoms with Gasteiger partial charge in [0.2, 0.25) is 5.91 Å². The minimum Gasteiger partial charge on any atom is -0.373 e. The molecule has 2 aromatic rings. The van der Waals surface area contributed by atoms with Gasteiger partial charge in [-0.3, -0.25) is 9.59 Å². The lowest BCUT2D eigenvalue weighted by Crippen LogP contribution is -2.15. The molecule has 2 N–H and O–H groups in total. The molecule has 7 heteroatoms. The average Bonchev–Trinajstić information content (AvgIpc) is 2.46. The van der Waals surface area contributed by atoms with Crippen molar-refractivity contribution in [3.8, 4) is 0 Å². The Morgan fingerprint density at radius 2 is 1.46 bits per heavy atom. The molecule has 0 atom stereocenters. The summed E-state index contributed by atoms with van der Waals surface area (Å²) >= 11 is 0. The molecule has 0 aliphatic heterocycles. The molecule has 5 nitrogen and oxygen atoms in total. The van der Waals surface area contributed by atoms with Crippen molar-refractivity contribution in [3.05, 3.63) is 53.6 Å². The van der Waals surface area contributed by atoms with E-state index in [1.807, 2.05) is 0 Å². The fraction of sp³-hybridized carbons (Fsp3) is 0.176. The molecule has 0 fully saturated rings. The Morgan fingerprint density at radius 3 is 1.92 bits per heavy atom. The Balaban J connectivity index is 2.16. The summed E-state index contributed by atoms with van der Waals surface area (Å²) in [4.78, 5) is 24.4. The normalized spacial score (nSPS) is 10.2. The fourth-order valence-corrected chi connectivity index (χ4v) is 2.18. The van der Waals surface area contributed by atoms with E-state index in [9.17, 15) is 18.4 Å². The third-order valence-electron chi connectivity index (χ3n) is 3.19. The van der Waals surface area contributed by atoms with Crippen molar-refractivity contribution in [2.75, 3.05) is 29.6 Å². The number of amides is 2. The maximum atomic E-state index is 13.9. The summed E-state index contributed by atoms with van der Waals surface area (Å²) in [6, 6.07) is 8.24. The van der Waals surface area contributed by atoms with Crippen molar-refractivity contribution in [2.45, 2.75) is 6.92 Å². The maximum absolute atomic E-state index is 13.9. The molecule has 0 aromatic heterocycles. The number of hydrogen-bond donors (Lipinski definition) is 2.